The van der Waals surface area contributed by atoms with Crippen molar-refractivity contribution in [3.05, 3.63) is 71.5 Å². The van der Waals surface area contributed by atoms with Crippen LogP contribution in [-0.2, 0) is 4.79 Å². The quantitative estimate of drug-likeness (QED) is 0.550. The van der Waals surface area contributed by atoms with E-state index in [0.29, 0.717) is 17.4 Å². The average molecular weight is 364 g/mol. The molecule has 3 heterocycles. The summed E-state index contributed by atoms with van der Waals surface area (Å²) in [4.78, 5) is 24.7. The summed E-state index contributed by atoms with van der Waals surface area (Å²) in [5, 5.41) is 7.58. The number of hydrogen-bond acceptors (Lipinski definition) is 5. The second kappa shape index (κ2) is 6.59. The van der Waals surface area contributed by atoms with Crippen molar-refractivity contribution in [1.29, 1.82) is 0 Å². The maximum absolute atomic E-state index is 11.7. The molecule has 4 rings (SSSR count). The van der Waals surface area contributed by atoms with E-state index in [0.717, 1.165) is 27.8 Å². The Kier molecular flexibility index (Phi) is 4.13. The second-order valence-electron chi connectivity index (χ2n) is 5.85. The van der Waals surface area contributed by atoms with Gasteiger partial charge >= 0.3 is 0 Å². The summed E-state index contributed by atoms with van der Waals surface area (Å²) in [7, 11) is 0. The molecule has 7 heteroatoms. The zero-order valence-electron chi connectivity index (χ0n) is 13.7. The van der Waals surface area contributed by atoms with Gasteiger partial charge in [-0.2, -0.15) is 0 Å². The molecule has 0 aliphatic carbocycles. The number of carbonyl (C=O) groups excluding carboxylic acids is 1. The number of benzene rings is 1. The molecule has 1 aromatic carbocycles. The minimum absolute atomic E-state index is 0.0618. The molecular weight excluding hydrogens is 350 g/mol. The van der Waals surface area contributed by atoms with Crippen LogP contribution in [0.15, 0.2) is 55.2 Å². The highest BCUT2D eigenvalue weighted by Crippen LogP contribution is 2.38. The zero-order chi connectivity index (χ0) is 18.1. The van der Waals surface area contributed by atoms with Crippen molar-refractivity contribution in [3.63, 3.8) is 0 Å². The highest BCUT2D eigenvalue weighted by Gasteiger charge is 2.27. The lowest BCUT2D eigenvalue weighted by atomic mass is 9.95. The Morgan fingerprint density at radius 2 is 2.23 bits per heavy atom. The molecular formula is C19H14ClN5O. The smallest absolute Gasteiger partial charge is 0.257 e. The zero-order valence-corrected chi connectivity index (χ0v) is 14.4. The van der Waals surface area contributed by atoms with Crippen LogP contribution in [0, 0.1) is 0 Å². The molecule has 1 aliphatic heterocycles. The first-order valence-corrected chi connectivity index (χ1v) is 8.34. The molecule has 1 amide bonds. The van der Waals surface area contributed by atoms with Gasteiger partial charge in [0.05, 0.1) is 17.4 Å². The van der Waals surface area contributed by atoms with Crippen molar-refractivity contribution in [2.24, 2.45) is 0 Å². The number of nitrogens with one attached hydrogen (secondary N) is 2. The number of anilines is 2. The van der Waals surface area contributed by atoms with Crippen molar-refractivity contribution >= 4 is 39.9 Å². The number of halogens is 1. The number of carbonyl (C=O) groups is 1. The number of amides is 1. The third kappa shape index (κ3) is 2.92. The van der Waals surface area contributed by atoms with Crippen LogP contribution in [0.2, 0.25) is 5.02 Å². The summed E-state index contributed by atoms with van der Waals surface area (Å²) in [6.07, 6.45) is 4.38. The normalized spacial score (nSPS) is 15.0. The predicted octanol–water partition coefficient (Wildman–Crippen LogP) is 3.52. The van der Waals surface area contributed by atoms with Crippen molar-refractivity contribution in [2.45, 2.75) is 5.92 Å². The molecule has 3 aromatic rings. The first-order chi connectivity index (χ1) is 12.7. The number of hydrogen-bond donors (Lipinski definition) is 2. The van der Waals surface area contributed by atoms with Gasteiger partial charge in [0.1, 0.15) is 12.1 Å². The lowest BCUT2D eigenvalue weighted by molar-refractivity contribution is -0.111. The summed E-state index contributed by atoms with van der Waals surface area (Å²) < 4.78 is 0. The Bertz CT molecular complexity index is 1070. The molecule has 2 N–H and O–H groups in total. The highest BCUT2D eigenvalue weighted by molar-refractivity contribution is 6.30. The fourth-order valence-electron chi connectivity index (χ4n) is 3.13. The van der Waals surface area contributed by atoms with Gasteiger partial charge < -0.3 is 10.6 Å². The Morgan fingerprint density at radius 3 is 3.08 bits per heavy atom. The van der Waals surface area contributed by atoms with Gasteiger partial charge in [-0.15, -0.1) is 5.73 Å². The van der Waals surface area contributed by atoms with Crippen LogP contribution in [0.4, 0.5) is 11.5 Å². The summed E-state index contributed by atoms with van der Waals surface area (Å²) in [5.74, 6) is 0.145. The van der Waals surface area contributed by atoms with Gasteiger partial charge in [-0.05, 0) is 23.8 Å². The molecule has 0 fully saturated rings. The van der Waals surface area contributed by atoms with Crippen LogP contribution >= 0.6 is 11.6 Å². The van der Waals surface area contributed by atoms with E-state index in [1.165, 1.54) is 12.4 Å². The lowest BCUT2D eigenvalue weighted by Crippen LogP contribution is -2.10. The van der Waals surface area contributed by atoms with E-state index in [4.69, 9.17) is 11.6 Å². The molecule has 0 spiro atoms. The van der Waals surface area contributed by atoms with Crippen molar-refractivity contribution in [1.82, 2.24) is 15.0 Å². The fourth-order valence-corrected chi connectivity index (χ4v) is 3.30. The average Bonchev–Trinajstić information content (AvgIpc) is 3.04. The van der Waals surface area contributed by atoms with Gasteiger partial charge in [0, 0.05) is 34.6 Å². The van der Waals surface area contributed by atoms with Gasteiger partial charge in [-0.1, -0.05) is 24.2 Å². The molecule has 0 radical (unpaired) electrons. The van der Waals surface area contributed by atoms with Crippen LogP contribution in [0.25, 0.3) is 10.9 Å². The van der Waals surface area contributed by atoms with E-state index in [9.17, 15) is 4.79 Å². The summed E-state index contributed by atoms with van der Waals surface area (Å²) in [6, 6.07) is 7.58. The third-order valence-corrected chi connectivity index (χ3v) is 4.49. The molecule has 0 saturated heterocycles. The second-order valence-corrected chi connectivity index (χ2v) is 6.28. The van der Waals surface area contributed by atoms with E-state index < -0.39 is 0 Å². The van der Waals surface area contributed by atoms with E-state index in [1.54, 1.807) is 12.3 Å². The minimum atomic E-state index is -0.340. The maximum atomic E-state index is 11.7. The third-order valence-electron chi connectivity index (χ3n) is 4.25. The fraction of sp³-hybridized carbons (Fsp3) is 0.105. The Labute approximate surface area is 154 Å². The number of pyridine rings is 1. The number of rotatable bonds is 3. The van der Waals surface area contributed by atoms with Crippen LogP contribution in [0.1, 0.15) is 17.2 Å². The van der Waals surface area contributed by atoms with Crippen LogP contribution in [-0.4, -0.2) is 27.4 Å². The monoisotopic (exact) mass is 363 g/mol. The minimum Gasteiger partial charge on any atom is -0.384 e. The van der Waals surface area contributed by atoms with Gasteiger partial charge in [-0.3, -0.25) is 4.79 Å². The van der Waals surface area contributed by atoms with Crippen molar-refractivity contribution < 1.29 is 4.79 Å². The van der Waals surface area contributed by atoms with Crippen LogP contribution in [0.3, 0.4) is 0 Å². The van der Waals surface area contributed by atoms with E-state index in [1.807, 2.05) is 18.2 Å². The number of nitrogens with zero attached hydrogens (tertiary/aromatic N) is 3. The van der Waals surface area contributed by atoms with E-state index in [2.05, 4.69) is 37.9 Å². The lowest BCUT2D eigenvalue weighted by Gasteiger charge is -2.13. The predicted molar refractivity (Wildman–Crippen MR) is 101 cm³/mol. The van der Waals surface area contributed by atoms with Crippen molar-refractivity contribution in [3.8, 4) is 0 Å². The highest BCUT2D eigenvalue weighted by atomic mass is 35.5. The summed E-state index contributed by atoms with van der Waals surface area (Å²) >= 11 is 6.08. The van der Waals surface area contributed by atoms with Crippen molar-refractivity contribution in [2.75, 3.05) is 17.2 Å². The Hall–Kier alpha value is -3.21. The number of fused-ring (bicyclic) bond motifs is 2. The molecule has 2 aromatic heterocycles. The maximum Gasteiger partial charge on any atom is 0.257 e. The Balaban J connectivity index is 1.79. The molecule has 0 saturated carbocycles. The molecule has 0 bridgehead atoms. The Morgan fingerprint density at radius 1 is 1.35 bits per heavy atom. The molecule has 1 unspecified atom stereocenters. The van der Waals surface area contributed by atoms with E-state index >= 15 is 0 Å². The van der Waals surface area contributed by atoms with Gasteiger partial charge in [0.2, 0.25) is 0 Å². The van der Waals surface area contributed by atoms with E-state index in [-0.39, 0.29) is 11.8 Å². The molecule has 26 heavy (non-hydrogen) atoms. The largest absolute Gasteiger partial charge is 0.384 e. The summed E-state index contributed by atoms with van der Waals surface area (Å²) in [5.41, 5.74) is 6.17. The van der Waals surface area contributed by atoms with Crippen LogP contribution < -0.4 is 10.6 Å². The topological polar surface area (TPSA) is 79.8 Å². The molecule has 1 aliphatic rings. The van der Waals surface area contributed by atoms with Crippen LogP contribution in [0.5, 0.6) is 0 Å². The van der Waals surface area contributed by atoms with Gasteiger partial charge in [-0.25, -0.2) is 15.0 Å². The standard InChI is InChI=1S/C19H14ClN5O/c1-2-3-18(26)25-17-7-13-16(9-22-17)23-10-24-19(13)14-8-21-15-6-11(20)4-5-12(14)15/h3-7,9-10,14,21H,1,8H2,(H,22,25,26). The first-order valence-electron chi connectivity index (χ1n) is 7.96. The molecule has 6 nitrogen and oxygen atoms in total. The number of aromatic nitrogens is 3. The first kappa shape index (κ1) is 16.3. The SMILES string of the molecule is C=C=CC(=O)Nc1cc2c(C3CNc4cc(Cl)ccc43)ncnc2cn1. The summed E-state index contributed by atoms with van der Waals surface area (Å²) in [6.45, 7) is 4.10. The molecule has 1 atom stereocenters. The van der Waals surface area contributed by atoms with Gasteiger partial charge in [0.15, 0.2) is 0 Å². The van der Waals surface area contributed by atoms with Gasteiger partial charge in [0.25, 0.3) is 5.91 Å². The molecule has 128 valence electrons.